The van der Waals surface area contributed by atoms with Gasteiger partial charge in [0.2, 0.25) is 0 Å². The number of Topliss-reactive ketones (excluding diaryl/α,β-unsaturated/α-hetero) is 1. The van der Waals surface area contributed by atoms with Gasteiger partial charge in [-0.1, -0.05) is 13.0 Å². The van der Waals surface area contributed by atoms with Gasteiger partial charge in [-0.3, -0.25) is 9.48 Å². The summed E-state index contributed by atoms with van der Waals surface area (Å²) < 4.78 is 1.96. The zero-order valence-electron chi connectivity index (χ0n) is 16.7. The second-order valence-corrected chi connectivity index (χ2v) is 9.03. The summed E-state index contributed by atoms with van der Waals surface area (Å²) in [6, 6.07) is 7.89. The van der Waals surface area contributed by atoms with Crippen LogP contribution in [0.1, 0.15) is 62.3 Å². The number of hydrogen-bond acceptors (Lipinski definition) is 3. The van der Waals surface area contributed by atoms with E-state index >= 15 is 0 Å². The van der Waals surface area contributed by atoms with Crippen molar-refractivity contribution < 1.29 is 9.90 Å². The van der Waals surface area contributed by atoms with Crippen LogP contribution in [0.2, 0.25) is 0 Å². The fourth-order valence-corrected chi connectivity index (χ4v) is 6.28. The first-order chi connectivity index (χ1) is 13.5. The number of rotatable bonds is 2. The van der Waals surface area contributed by atoms with Gasteiger partial charge >= 0.3 is 0 Å². The van der Waals surface area contributed by atoms with Crippen LogP contribution in [-0.2, 0) is 17.8 Å². The third-order valence-corrected chi connectivity index (χ3v) is 7.72. The number of phenols is 1. The Labute approximate surface area is 166 Å². The molecule has 3 aliphatic carbocycles. The molecule has 146 valence electrons. The Balaban J connectivity index is 1.49. The Morgan fingerprint density at radius 3 is 3.00 bits per heavy atom. The fourth-order valence-electron chi connectivity index (χ4n) is 6.28. The van der Waals surface area contributed by atoms with Gasteiger partial charge in [-0.15, -0.1) is 0 Å². The van der Waals surface area contributed by atoms with Gasteiger partial charge in [0.1, 0.15) is 5.75 Å². The van der Waals surface area contributed by atoms with Crippen molar-refractivity contribution in [3.63, 3.8) is 0 Å². The van der Waals surface area contributed by atoms with Gasteiger partial charge in [0.05, 0.1) is 5.69 Å². The summed E-state index contributed by atoms with van der Waals surface area (Å²) in [7, 11) is 0. The van der Waals surface area contributed by atoms with Gasteiger partial charge in [-0.05, 0) is 97.8 Å². The molecule has 0 aliphatic heterocycles. The fraction of sp³-hybridized carbons (Fsp3) is 0.500. The van der Waals surface area contributed by atoms with Crippen LogP contribution in [0.15, 0.2) is 36.0 Å². The minimum Gasteiger partial charge on any atom is -0.508 e. The molecule has 1 aromatic heterocycles. The van der Waals surface area contributed by atoms with Crippen molar-refractivity contribution in [3.05, 3.63) is 52.9 Å². The molecular formula is C24H28N2O2. The number of benzene rings is 1. The first-order valence-corrected chi connectivity index (χ1v) is 10.6. The Bertz CT molecular complexity index is 973. The molecule has 4 atom stereocenters. The van der Waals surface area contributed by atoms with Crippen molar-refractivity contribution >= 4 is 11.9 Å². The molecule has 0 amide bonds. The number of ketones is 1. The lowest BCUT2D eigenvalue weighted by Crippen LogP contribution is -2.42. The van der Waals surface area contributed by atoms with Crippen molar-refractivity contribution in [3.8, 4) is 5.75 Å². The van der Waals surface area contributed by atoms with E-state index in [2.05, 4.69) is 31.1 Å². The summed E-state index contributed by atoms with van der Waals surface area (Å²) in [5.41, 5.74) is 4.51. The molecule has 0 spiro atoms. The zero-order chi connectivity index (χ0) is 19.5. The van der Waals surface area contributed by atoms with Crippen molar-refractivity contribution in [2.24, 2.45) is 17.3 Å². The van der Waals surface area contributed by atoms with Crippen LogP contribution in [0.3, 0.4) is 0 Å². The molecule has 1 N–H and O–H groups in total. The molecule has 2 saturated carbocycles. The first kappa shape index (κ1) is 17.7. The number of phenolic OH excluding ortho intramolecular Hbond substituents is 1. The maximum atomic E-state index is 13.4. The van der Waals surface area contributed by atoms with Gasteiger partial charge < -0.3 is 5.11 Å². The molecule has 0 radical (unpaired) electrons. The average molecular weight is 377 g/mol. The van der Waals surface area contributed by atoms with Crippen LogP contribution in [-0.4, -0.2) is 20.7 Å². The zero-order valence-corrected chi connectivity index (χ0v) is 16.7. The molecule has 0 bridgehead atoms. The van der Waals surface area contributed by atoms with E-state index in [1.165, 1.54) is 11.1 Å². The number of fused-ring (bicyclic) bond motifs is 5. The molecule has 3 aliphatic rings. The van der Waals surface area contributed by atoms with Gasteiger partial charge in [-0.25, -0.2) is 0 Å². The lowest BCUT2D eigenvalue weighted by atomic mass is 9.55. The minimum absolute atomic E-state index is 0.224. The molecule has 2 aromatic rings. The number of hydrogen-bond donors (Lipinski definition) is 1. The largest absolute Gasteiger partial charge is 0.508 e. The van der Waals surface area contributed by atoms with E-state index in [1.54, 1.807) is 0 Å². The summed E-state index contributed by atoms with van der Waals surface area (Å²) in [6.45, 7) is 5.10. The molecule has 28 heavy (non-hydrogen) atoms. The van der Waals surface area contributed by atoms with Gasteiger partial charge in [0.25, 0.3) is 0 Å². The number of aromatic hydroxyl groups is 1. The van der Waals surface area contributed by atoms with Crippen LogP contribution in [0.5, 0.6) is 5.75 Å². The summed E-state index contributed by atoms with van der Waals surface area (Å²) in [5, 5.41) is 14.2. The van der Waals surface area contributed by atoms with E-state index in [0.29, 0.717) is 29.3 Å². The number of carbonyl (C=O) groups excluding carboxylic acids is 1. The van der Waals surface area contributed by atoms with E-state index in [4.69, 9.17) is 0 Å². The third kappa shape index (κ3) is 2.50. The van der Waals surface area contributed by atoms with Crippen LogP contribution < -0.4 is 0 Å². The van der Waals surface area contributed by atoms with Crippen molar-refractivity contribution in [2.45, 2.75) is 58.4 Å². The lowest BCUT2D eigenvalue weighted by Gasteiger charge is -2.48. The summed E-state index contributed by atoms with van der Waals surface area (Å²) in [4.78, 5) is 13.4. The van der Waals surface area contributed by atoms with E-state index in [-0.39, 0.29) is 5.41 Å². The molecule has 4 heteroatoms. The highest BCUT2D eigenvalue weighted by molar-refractivity contribution is 6.05. The van der Waals surface area contributed by atoms with E-state index in [1.807, 2.05) is 29.1 Å². The molecule has 1 aromatic carbocycles. The van der Waals surface area contributed by atoms with E-state index < -0.39 is 0 Å². The van der Waals surface area contributed by atoms with E-state index in [9.17, 15) is 9.90 Å². The summed E-state index contributed by atoms with van der Waals surface area (Å²) in [5.74, 6) is 2.23. The molecular weight excluding hydrogens is 348 g/mol. The Kier molecular flexibility index (Phi) is 4.01. The van der Waals surface area contributed by atoms with Gasteiger partial charge in [-0.2, -0.15) is 5.10 Å². The smallest absolute Gasteiger partial charge is 0.165 e. The number of aromatic nitrogens is 2. The van der Waals surface area contributed by atoms with Crippen LogP contribution in [0.4, 0.5) is 0 Å². The Morgan fingerprint density at radius 1 is 1.32 bits per heavy atom. The monoisotopic (exact) mass is 376 g/mol. The van der Waals surface area contributed by atoms with Crippen molar-refractivity contribution in [1.82, 2.24) is 9.78 Å². The maximum absolute atomic E-state index is 13.4. The molecule has 4 nitrogen and oxygen atoms in total. The maximum Gasteiger partial charge on any atom is 0.165 e. The molecule has 0 saturated heterocycles. The second kappa shape index (κ2) is 6.33. The highest BCUT2D eigenvalue weighted by Gasteiger charge is 2.56. The highest BCUT2D eigenvalue weighted by atomic mass is 16.3. The van der Waals surface area contributed by atoms with E-state index in [0.717, 1.165) is 49.9 Å². The second-order valence-electron chi connectivity index (χ2n) is 9.03. The van der Waals surface area contributed by atoms with Crippen molar-refractivity contribution in [2.75, 3.05) is 0 Å². The highest BCUT2D eigenvalue weighted by Crippen LogP contribution is 2.60. The molecule has 2 fully saturated rings. The minimum atomic E-state index is -0.224. The topological polar surface area (TPSA) is 55.1 Å². The number of nitrogens with zero attached hydrogens (tertiary/aromatic N) is 2. The average Bonchev–Trinajstić information content (AvgIpc) is 3.24. The van der Waals surface area contributed by atoms with Crippen LogP contribution >= 0.6 is 0 Å². The Hall–Kier alpha value is -2.36. The number of carbonyl (C=O) groups is 1. The predicted molar refractivity (Wildman–Crippen MR) is 109 cm³/mol. The SMILES string of the molecule is CCn1nccc1/C=C1\C[C@@H]2[C@@H]3CCc4cc(O)ccc4[C@@H]3CC[C@]2(C)C1=O. The lowest BCUT2D eigenvalue weighted by molar-refractivity contribution is -0.127. The van der Waals surface area contributed by atoms with Gasteiger partial charge in [0.15, 0.2) is 5.78 Å². The number of allylic oxidation sites excluding steroid dienone is 1. The predicted octanol–water partition coefficient (Wildman–Crippen LogP) is 4.73. The normalized spacial score (nSPS) is 32.9. The molecule has 1 heterocycles. The Morgan fingerprint density at radius 2 is 2.18 bits per heavy atom. The molecule has 5 rings (SSSR count). The van der Waals surface area contributed by atoms with Gasteiger partial charge in [0, 0.05) is 18.2 Å². The summed E-state index contributed by atoms with van der Waals surface area (Å²) >= 11 is 0. The van der Waals surface area contributed by atoms with Crippen LogP contribution in [0, 0.1) is 17.3 Å². The summed E-state index contributed by atoms with van der Waals surface area (Å²) in [6.07, 6.45) is 8.95. The standard InChI is InChI=1S/C24H28N2O2/c1-3-26-17(9-11-25-26)12-16-14-22-21-6-4-15-13-18(27)5-7-19(15)20(21)8-10-24(22,2)23(16)28/h5,7,9,11-13,20-22,27H,3-4,6,8,10,14H2,1-2H3/b16-12+/t20-,21+,22+,24-/m0/s1. The quantitative estimate of drug-likeness (QED) is 0.771. The van der Waals surface area contributed by atoms with Crippen LogP contribution in [0.25, 0.3) is 6.08 Å². The number of aryl methyl sites for hydroxylation is 2. The third-order valence-electron chi connectivity index (χ3n) is 7.72. The van der Waals surface area contributed by atoms with Crippen molar-refractivity contribution in [1.29, 1.82) is 0 Å². The molecule has 0 unspecified atom stereocenters. The first-order valence-electron chi connectivity index (χ1n) is 10.6.